The van der Waals surface area contributed by atoms with Crippen LogP contribution in [0.5, 0.6) is 0 Å². The second kappa shape index (κ2) is 6.26. The number of imidazole rings is 1. The van der Waals surface area contributed by atoms with Gasteiger partial charge in [0.05, 0.1) is 5.75 Å². The molecule has 0 aliphatic rings. The van der Waals surface area contributed by atoms with Crippen LogP contribution in [0.3, 0.4) is 0 Å². The predicted octanol–water partition coefficient (Wildman–Crippen LogP) is 2.55. The van der Waals surface area contributed by atoms with E-state index >= 15 is 0 Å². The van der Waals surface area contributed by atoms with Crippen molar-refractivity contribution < 1.29 is 4.79 Å². The number of rotatable bonds is 5. The van der Waals surface area contributed by atoms with Crippen molar-refractivity contribution in [1.82, 2.24) is 9.97 Å². The van der Waals surface area contributed by atoms with E-state index in [0.29, 0.717) is 12.3 Å². The molecule has 4 nitrogen and oxygen atoms in total. The lowest BCUT2D eigenvalue weighted by Crippen LogP contribution is -2.32. The van der Waals surface area contributed by atoms with E-state index in [2.05, 4.69) is 9.97 Å². The van der Waals surface area contributed by atoms with Gasteiger partial charge in [-0.1, -0.05) is 30.0 Å². The van der Waals surface area contributed by atoms with Crippen molar-refractivity contribution in [3.8, 4) is 0 Å². The Bertz CT molecular complexity index is 484. The van der Waals surface area contributed by atoms with Crippen molar-refractivity contribution in [3.63, 3.8) is 0 Å². The minimum atomic E-state index is 0.0881. The van der Waals surface area contributed by atoms with Gasteiger partial charge >= 0.3 is 0 Å². The molecule has 2 rings (SSSR count). The molecular formula is C13H15N3OS. The molecule has 0 aliphatic heterocycles. The third-order valence-corrected chi connectivity index (χ3v) is 3.38. The van der Waals surface area contributed by atoms with Gasteiger partial charge in [-0.05, 0) is 19.1 Å². The van der Waals surface area contributed by atoms with E-state index in [0.717, 1.165) is 10.8 Å². The normalized spacial score (nSPS) is 10.3. The highest BCUT2D eigenvalue weighted by Gasteiger charge is 2.14. The first kappa shape index (κ1) is 12.7. The van der Waals surface area contributed by atoms with Gasteiger partial charge in [-0.2, -0.15) is 0 Å². The van der Waals surface area contributed by atoms with Crippen LogP contribution in [-0.2, 0) is 4.79 Å². The van der Waals surface area contributed by atoms with E-state index in [1.54, 1.807) is 17.3 Å². The van der Waals surface area contributed by atoms with Crippen LogP contribution >= 0.6 is 11.8 Å². The number of thioether (sulfide) groups is 1. The lowest BCUT2D eigenvalue weighted by molar-refractivity contribution is -0.116. The molecule has 0 atom stereocenters. The third kappa shape index (κ3) is 3.13. The summed E-state index contributed by atoms with van der Waals surface area (Å²) < 4.78 is 0. The number of para-hydroxylation sites is 1. The molecule has 1 aromatic heterocycles. The Labute approximate surface area is 110 Å². The van der Waals surface area contributed by atoms with Crippen molar-refractivity contribution in [1.29, 1.82) is 0 Å². The molecule has 1 N–H and O–H groups in total. The van der Waals surface area contributed by atoms with Crippen LogP contribution in [0.1, 0.15) is 6.92 Å². The first-order chi connectivity index (χ1) is 8.81. The molecular weight excluding hydrogens is 246 g/mol. The molecule has 0 bridgehead atoms. The second-order valence-corrected chi connectivity index (χ2v) is 4.62. The number of benzene rings is 1. The number of aromatic amines is 1. The third-order valence-electron chi connectivity index (χ3n) is 2.49. The lowest BCUT2D eigenvalue weighted by Gasteiger charge is -2.20. The van der Waals surface area contributed by atoms with Gasteiger partial charge in [-0.15, -0.1) is 0 Å². The van der Waals surface area contributed by atoms with Gasteiger partial charge in [0.2, 0.25) is 5.91 Å². The van der Waals surface area contributed by atoms with E-state index in [-0.39, 0.29) is 5.91 Å². The summed E-state index contributed by atoms with van der Waals surface area (Å²) in [6, 6.07) is 9.70. The summed E-state index contributed by atoms with van der Waals surface area (Å²) in [6.07, 6.45) is 3.43. The molecule has 2 aromatic rings. The molecule has 0 spiro atoms. The summed E-state index contributed by atoms with van der Waals surface area (Å²) in [7, 11) is 0. The molecule has 94 valence electrons. The highest BCUT2D eigenvalue weighted by molar-refractivity contribution is 7.99. The molecule has 0 unspecified atom stereocenters. The van der Waals surface area contributed by atoms with E-state index < -0.39 is 0 Å². The van der Waals surface area contributed by atoms with Gasteiger partial charge in [0.1, 0.15) is 0 Å². The molecule has 0 aliphatic carbocycles. The molecule has 0 radical (unpaired) electrons. The number of nitrogens with zero attached hydrogens (tertiary/aromatic N) is 2. The van der Waals surface area contributed by atoms with Gasteiger partial charge in [0.25, 0.3) is 0 Å². The number of carbonyl (C=O) groups excluding carboxylic acids is 1. The van der Waals surface area contributed by atoms with Crippen LogP contribution in [0.4, 0.5) is 5.69 Å². The van der Waals surface area contributed by atoms with Crippen molar-refractivity contribution in [2.45, 2.75) is 12.1 Å². The topological polar surface area (TPSA) is 49.0 Å². The number of carbonyl (C=O) groups is 1. The van der Waals surface area contributed by atoms with Crippen molar-refractivity contribution >= 4 is 23.4 Å². The molecule has 0 saturated carbocycles. The van der Waals surface area contributed by atoms with Gasteiger partial charge in [0.15, 0.2) is 5.16 Å². The van der Waals surface area contributed by atoms with Crippen LogP contribution in [0.2, 0.25) is 0 Å². The van der Waals surface area contributed by atoms with Crippen LogP contribution in [0.15, 0.2) is 47.9 Å². The fraction of sp³-hybridized carbons (Fsp3) is 0.231. The summed E-state index contributed by atoms with van der Waals surface area (Å²) in [4.78, 5) is 21.0. The maximum atomic E-state index is 12.1. The van der Waals surface area contributed by atoms with E-state index in [4.69, 9.17) is 0 Å². The van der Waals surface area contributed by atoms with Gasteiger partial charge < -0.3 is 9.88 Å². The summed E-state index contributed by atoms with van der Waals surface area (Å²) in [6.45, 7) is 2.64. The average molecular weight is 261 g/mol. The zero-order valence-electron chi connectivity index (χ0n) is 10.2. The summed E-state index contributed by atoms with van der Waals surface area (Å²) >= 11 is 1.42. The Morgan fingerprint density at radius 1 is 1.39 bits per heavy atom. The highest BCUT2D eigenvalue weighted by Crippen LogP contribution is 2.17. The van der Waals surface area contributed by atoms with Crippen molar-refractivity contribution in [2.24, 2.45) is 0 Å². The Morgan fingerprint density at radius 2 is 2.17 bits per heavy atom. The Balaban J connectivity index is 1.98. The minimum absolute atomic E-state index is 0.0881. The van der Waals surface area contributed by atoms with Crippen LogP contribution in [0.25, 0.3) is 0 Å². The van der Waals surface area contributed by atoms with Gasteiger partial charge in [0, 0.05) is 24.6 Å². The fourth-order valence-electron chi connectivity index (χ4n) is 1.65. The zero-order valence-corrected chi connectivity index (χ0v) is 11.0. The summed E-state index contributed by atoms with van der Waals surface area (Å²) in [5.41, 5.74) is 0.935. The molecule has 18 heavy (non-hydrogen) atoms. The molecule has 1 heterocycles. The van der Waals surface area contributed by atoms with E-state index in [1.165, 1.54) is 11.8 Å². The molecule has 5 heteroatoms. The monoisotopic (exact) mass is 261 g/mol. The summed E-state index contributed by atoms with van der Waals surface area (Å²) in [5, 5.41) is 0.771. The summed E-state index contributed by atoms with van der Waals surface area (Å²) in [5.74, 6) is 0.473. The minimum Gasteiger partial charge on any atom is -0.340 e. The smallest absolute Gasteiger partial charge is 0.237 e. The number of anilines is 1. The Morgan fingerprint density at radius 3 is 2.78 bits per heavy atom. The number of aromatic nitrogens is 2. The standard InChI is InChI=1S/C13H15N3OS/c1-2-16(11-6-4-3-5-7-11)12(17)10-18-13-14-8-9-15-13/h3-9H,2,10H2,1H3,(H,14,15). The van der Waals surface area contributed by atoms with Crippen molar-refractivity contribution in [3.05, 3.63) is 42.7 Å². The number of hydrogen-bond donors (Lipinski definition) is 1. The lowest BCUT2D eigenvalue weighted by atomic mass is 10.3. The van der Waals surface area contributed by atoms with Crippen LogP contribution in [0, 0.1) is 0 Å². The number of hydrogen-bond acceptors (Lipinski definition) is 3. The van der Waals surface area contributed by atoms with Crippen molar-refractivity contribution in [2.75, 3.05) is 17.2 Å². The first-order valence-corrected chi connectivity index (χ1v) is 6.77. The van der Waals surface area contributed by atoms with Gasteiger partial charge in [-0.3, -0.25) is 4.79 Å². The van der Waals surface area contributed by atoms with E-state index in [9.17, 15) is 4.79 Å². The van der Waals surface area contributed by atoms with Crippen LogP contribution in [-0.4, -0.2) is 28.2 Å². The fourth-order valence-corrected chi connectivity index (χ4v) is 2.35. The molecule has 1 aromatic carbocycles. The van der Waals surface area contributed by atoms with Crippen LogP contribution < -0.4 is 4.90 Å². The largest absolute Gasteiger partial charge is 0.340 e. The maximum Gasteiger partial charge on any atom is 0.237 e. The predicted molar refractivity (Wildman–Crippen MR) is 73.8 cm³/mol. The molecule has 0 fully saturated rings. The number of amides is 1. The molecule has 0 saturated heterocycles. The average Bonchev–Trinajstić information content (AvgIpc) is 2.92. The quantitative estimate of drug-likeness (QED) is 0.841. The first-order valence-electron chi connectivity index (χ1n) is 5.79. The van der Waals surface area contributed by atoms with E-state index in [1.807, 2.05) is 37.3 Å². The second-order valence-electron chi connectivity index (χ2n) is 3.66. The maximum absolute atomic E-state index is 12.1. The Kier molecular flexibility index (Phi) is 4.41. The Hall–Kier alpha value is -1.75. The number of nitrogens with one attached hydrogen (secondary N) is 1. The van der Waals surface area contributed by atoms with Gasteiger partial charge in [-0.25, -0.2) is 4.98 Å². The highest BCUT2D eigenvalue weighted by atomic mass is 32.2. The number of H-pyrrole nitrogens is 1. The molecule has 1 amide bonds. The zero-order chi connectivity index (χ0) is 12.8. The SMILES string of the molecule is CCN(C(=O)CSc1ncc[nH]1)c1ccccc1.